The molecule has 0 spiro atoms. The van der Waals surface area contributed by atoms with Crippen LogP contribution in [0.5, 0.6) is 11.5 Å². The van der Waals surface area contributed by atoms with E-state index in [0.29, 0.717) is 23.1 Å². The zero-order chi connectivity index (χ0) is 14.7. The van der Waals surface area contributed by atoms with Gasteiger partial charge in [0.25, 0.3) is 0 Å². The Bertz CT molecular complexity index is 776. The van der Waals surface area contributed by atoms with Gasteiger partial charge in [0, 0.05) is 29.9 Å². The van der Waals surface area contributed by atoms with E-state index in [1.807, 2.05) is 37.4 Å². The van der Waals surface area contributed by atoms with E-state index in [4.69, 9.17) is 16.3 Å². The molecule has 1 aromatic carbocycles. The summed E-state index contributed by atoms with van der Waals surface area (Å²) in [7, 11) is 1.89. The van der Waals surface area contributed by atoms with Crippen LogP contribution in [0.4, 0.5) is 0 Å². The lowest BCUT2D eigenvalue weighted by atomic mass is 10.2. The van der Waals surface area contributed by atoms with Gasteiger partial charge in [0.2, 0.25) is 0 Å². The van der Waals surface area contributed by atoms with Crippen LogP contribution in [-0.4, -0.2) is 17.0 Å². The Balaban J connectivity index is 2.05. The van der Waals surface area contributed by atoms with Crippen LogP contribution < -0.4 is 10.1 Å². The third-order valence-corrected chi connectivity index (χ3v) is 3.47. The van der Waals surface area contributed by atoms with Crippen molar-refractivity contribution in [2.75, 3.05) is 7.05 Å². The number of rotatable bonds is 4. The molecule has 21 heavy (non-hydrogen) atoms. The highest BCUT2D eigenvalue weighted by Crippen LogP contribution is 2.33. The molecular formula is C16H14ClN3O. The van der Waals surface area contributed by atoms with Crippen molar-refractivity contribution in [3.8, 4) is 11.5 Å². The third-order valence-electron chi connectivity index (χ3n) is 3.14. The maximum atomic E-state index is 6.20. The smallest absolute Gasteiger partial charge is 0.153 e. The monoisotopic (exact) mass is 299 g/mol. The molecule has 0 unspecified atom stereocenters. The molecule has 3 aromatic rings. The zero-order valence-corrected chi connectivity index (χ0v) is 12.3. The topological polar surface area (TPSA) is 47.0 Å². The summed E-state index contributed by atoms with van der Waals surface area (Å²) in [5.74, 6) is 1.38. The van der Waals surface area contributed by atoms with Gasteiger partial charge < -0.3 is 10.1 Å². The van der Waals surface area contributed by atoms with Crippen molar-refractivity contribution in [3.63, 3.8) is 0 Å². The summed E-state index contributed by atoms with van der Waals surface area (Å²) in [6.07, 6.45) is 5.18. The summed E-state index contributed by atoms with van der Waals surface area (Å²) < 4.78 is 6.01. The van der Waals surface area contributed by atoms with Crippen molar-refractivity contribution in [2.45, 2.75) is 6.54 Å². The summed E-state index contributed by atoms with van der Waals surface area (Å²) in [5, 5.41) is 4.64. The summed E-state index contributed by atoms with van der Waals surface area (Å²) in [6, 6.07) is 9.35. The molecule has 106 valence electrons. The highest BCUT2D eigenvalue weighted by Gasteiger charge is 2.10. The molecule has 0 atom stereocenters. The van der Waals surface area contributed by atoms with Crippen LogP contribution in [0.3, 0.4) is 0 Å². The quantitative estimate of drug-likeness (QED) is 0.796. The largest absolute Gasteiger partial charge is 0.453 e. The highest BCUT2D eigenvalue weighted by atomic mass is 35.5. The minimum atomic E-state index is 0.659. The van der Waals surface area contributed by atoms with Crippen molar-refractivity contribution in [2.24, 2.45) is 0 Å². The van der Waals surface area contributed by atoms with Gasteiger partial charge in [-0.05, 0) is 37.4 Å². The Morgan fingerprint density at radius 3 is 2.90 bits per heavy atom. The van der Waals surface area contributed by atoms with E-state index in [0.717, 1.165) is 16.5 Å². The SMILES string of the molecule is CNCc1ccncc1Oc1ccc(Cl)c2cccnc12. The van der Waals surface area contributed by atoms with Gasteiger partial charge in [-0.15, -0.1) is 0 Å². The number of pyridine rings is 2. The van der Waals surface area contributed by atoms with Gasteiger partial charge in [0.1, 0.15) is 11.3 Å². The van der Waals surface area contributed by atoms with Crippen LogP contribution in [0.1, 0.15) is 5.56 Å². The van der Waals surface area contributed by atoms with Crippen LogP contribution in [0.2, 0.25) is 5.02 Å². The van der Waals surface area contributed by atoms with E-state index in [1.54, 1.807) is 18.6 Å². The lowest BCUT2D eigenvalue weighted by Gasteiger charge is -2.12. The van der Waals surface area contributed by atoms with Gasteiger partial charge in [-0.2, -0.15) is 0 Å². The predicted octanol–water partition coefficient (Wildman–Crippen LogP) is 3.79. The van der Waals surface area contributed by atoms with Gasteiger partial charge in [-0.1, -0.05) is 11.6 Å². The Labute approximate surface area is 127 Å². The summed E-state index contributed by atoms with van der Waals surface area (Å²) >= 11 is 6.20. The fourth-order valence-corrected chi connectivity index (χ4v) is 2.37. The first-order chi connectivity index (χ1) is 10.3. The molecule has 3 rings (SSSR count). The second kappa shape index (κ2) is 6.08. The number of fused-ring (bicyclic) bond motifs is 1. The Morgan fingerprint density at radius 2 is 2.05 bits per heavy atom. The number of halogens is 1. The predicted molar refractivity (Wildman–Crippen MR) is 83.8 cm³/mol. The first kappa shape index (κ1) is 13.8. The van der Waals surface area contributed by atoms with Crippen molar-refractivity contribution in [3.05, 3.63) is 59.5 Å². The number of benzene rings is 1. The molecule has 0 aliphatic carbocycles. The van der Waals surface area contributed by atoms with Gasteiger partial charge in [-0.3, -0.25) is 9.97 Å². The van der Waals surface area contributed by atoms with Crippen molar-refractivity contribution < 1.29 is 4.74 Å². The second-order valence-electron chi connectivity index (χ2n) is 4.56. The fraction of sp³-hybridized carbons (Fsp3) is 0.125. The Hall–Kier alpha value is -2.17. The summed E-state index contributed by atoms with van der Waals surface area (Å²) in [4.78, 5) is 8.49. The minimum absolute atomic E-state index is 0.659. The first-order valence-corrected chi connectivity index (χ1v) is 6.96. The van der Waals surface area contributed by atoms with Crippen LogP contribution in [0.25, 0.3) is 10.9 Å². The lowest BCUT2D eigenvalue weighted by molar-refractivity contribution is 0.476. The molecule has 0 fully saturated rings. The third kappa shape index (κ3) is 2.82. The highest BCUT2D eigenvalue weighted by molar-refractivity contribution is 6.35. The molecule has 0 radical (unpaired) electrons. The fourth-order valence-electron chi connectivity index (χ4n) is 2.15. The molecule has 0 aliphatic heterocycles. The van der Waals surface area contributed by atoms with Crippen LogP contribution in [0, 0.1) is 0 Å². The second-order valence-corrected chi connectivity index (χ2v) is 4.97. The standard InChI is InChI=1S/C16H14ClN3O/c1-18-9-11-6-8-19-10-15(11)21-14-5-4-13(17)12-3-2-7-20-16(12)14/h2-8,10,18H,9H2,1H3. The van der Waals surface area contributed by atoms with Gasteiger partial charge in [-0.25, -0.2) is 0 Å². The van der Waals surface area contributed by atoms with Crippen molar-refractivity contribution in [1.29, 1.82) is 0 Å². The number of aromatic nitrogens is 2. The van der Waals surface area contributed by atoms with Crippen molar-refractivity contribution >= 4 is 22.5 Å². The lowest BCUT2D eigenvalue weighted by Crippen LogP contribution is -2.06. The number of hydrogen-bond acceptors (Lipinski definition) is 4. The summed E-state index contributed by atoms with van der Waals surface area (Å²) in [5.41, 5.74) is 1.77. The molecule has 0 amide bonds. The number of hydrogen-bond donors (Lipinski definition) is 1. The molecule has 1 N–H and O–H groups in total. The van der Waals surface area contributed by atoms with Crippen molar-refractivity contribution in [1.82, 2.24) is 15.3 Å². The molecule has 4 nitrogen and oxygen atoms in total. The maximum Gasteiger partial charge on any atom is 0.153 e. The minimum Gasteiger partial charge on any atom is -0.453 e. The molecule has 2 heterocycles. The van der Waals surface area contributed by atoms with Crippen LogP contribution in [0.15, 0.2) is 48.9 Å². The maximum absolute atomic E-state index is 6.20. The van der Waals surface area contributed by atoms with Gasteiger partial charge in [0.15, 0.2) is 5.75 Å². The normalized spacial score (nSPS) is 10.8. The Kier molecular flexibility index (Phi) is 3.99. The Morgan fingerprint density at radius 1 is 1.14 bits per heavy atom. The molecular weight excluding hydrogens is 286 g/mol. The summed E-state index contributed by atoms with van der Waals surface area (Å²) in [6.45, 7) is 0.705. The average Bonchev–Trinajstić information content (AvgIpc) is 2.52. The van der Waals surface area contributed by atoms with E-state index < -0.39 is 0 Å². The molecule has 0 aliphatic rings. The van der Waals surface area contributed by atoms with Crippen LogP contribution in [-0.2, 0) is 6.54 Å². The number of nitrogens with zero attached hydrogens (tertiary/aromatic N) is 2. The molecule has 0 saturated carbocycles. The van der Waals surface area contributed by atoms with E-state index in [9.17, 15) is 0 Å². The van der Waals surface area contributed by atoms with Gasteiger partial charge >= 0.3 is 0 Å². The molecule has 2 aromatic heterocycles. The van der Waals surface area contributed by atoms with Gasteiger partial charge in [0.05, 0.1) is 11.2 Å². The average molecular weight is 300 g/mol. The van der Waals surface area contributed by atoms with Crippen LogP contribution >= 0.6 is 11.6 Å². The zero-order valence-electron chi connectivity index (χ0n) is 11.5. The number of nitrogens with one attached hydrogen (secondary N) is 1. The van der Waals surface area contributed by atoms with E-state index in [2.05, 4.69) is 15.3 Å². The molecule has 0 saturated heterocycles. The van der Waals surface area contributed by atoms with E-state index in [1.165, 1.54) is 0 Å². The van der Waals surface area contributed by atoms with E-state index in [-0.39, 0.29) is 0 Å². The first-order valence-electron chi connectivity index (χ1n) is 6.58. The molecule has 0 bridgehead atoms. The molecule has 5 heteroatoms. The number of ether oxygens (including phenoxy) is 1. The van der Waals surface area contributed by atoms with E-state index >= 15 is 0 Å².